The zero-order chi connectivity index (χ0) is 25.2. The second-order valence-electron chi connectivity index (χ2n) is 9.69. The number of likely N-dealkylation sites (tertiary alicyclic amines) is 1. The lowest BCUT2D eigenvalue weighted by Gasteiger charge is -2.30. The van der Waals surface area contributed by atoms with Crippen LogP contribution in [0.1, 0.15) is 41.7 Å². The summed E-state index contributed by atoms with van der Waals surface area (Å²) >= 11 is 5.70. The van der Waals surface area contributed by atoms with E-state index in [1.807, 2.05) is 6.92 Å². The van der Waals surface area contributed by atoms with E-state index in [1.165, 1.54) is 29.2 Å². The predicted octanol–water partition coefficient (Wildman–Crippen LogP) is 3.24. The number of nitrogens with zero attached hydrogens (tertiary/aromatic N) is 1. The van der Waals surface area contributed by atoms with Gasteiger partial charge in [-0.25, -0.2) is 22.3 Å². The third kappa shape index (κ3) is 4.43. The van der Waals surface area contributed by atoms with Gasteiger partial charge in [-0.15, -0.1) is 0 Å². The van der Waals surface area contributed by atoms with Crippen molar-refractivity contribution in [1.82, 2.24) is 10.2 Å². The van der Waals surface area contributed by atoms with Gasteiger partial charge in [0.05, 0.1) is 16.0 Å². The molecule has 3 N–H and O–H groups in total. The molecule has 0 aromatic heterocycles. The van der Waals surface area contributed by atoms with Gasteiger partial charge < -0.3 is 10.2 Å². The van der Waals surface area contributed by atoms with Crippen molar-refractivity contribution in [3.05, 3.63) is 64.2 Å². The molecular formula is C24H24ClF2N3O4S. The van der Waals surface area contributed by atoms with Gasteiger partial charge in [-0.05, 0) is 66.8 Å². The summed E-state index contributed by atoms with van der Waals surface area (Å²) in [6.45, 7) is 2.35. The van der Waals surface area contributed by atoms with E-state index in [0.29, 0.717) is 6.54 Å². The molecule has 1 aliphatic heterocycles. The van der Waals surface area contributed by atoms with Gasteiger partial charge in [-0.1, -0.05) is 24.6 Å². The summed E-state index contributed by atoms with van der Waals surface area (Å²) in [5.74, 6) is -2.14. The molecule has 2 aromatic carbocycles. The molecule has 7 nitrogen and oxygen atoms in total. The number of carbonyl (C=O) groups is 2. The Morgan fingerprint density at radius 3 is 2.54 bits per heavy atom. The molecule has 0 bridgehead atoms. The van der Waals surface area contributed by atoms with Crippen LogP contribution in [0, 0.1) is 35.3 Å². The lowest BCUT2D eigenvalue weighted by atomic mass is 10.00. The lowest BCUT2D eigenvalue weighted by Crippen LogP contribution is -2.50. The van der Waals surface area contributed by atoms with Crippen LogP contribution in [-0.2, 0) is 14.8 Å². The molecule has 0 unspecified atom stereocenters. The number of amides is 2. The van der Waals surface area contributed by atoms with Gasteiger partial charge in [-0.3, -0.25) is 9.59 Å². The van der Waals surface area contributed by atoms with E-state index < -0.39 is 45.6 Å². The molecular weight excluding hydrogens is 500 g/mol. The van der Waals surface area contributed by atoms with Crippen molar-refractivity contribution >= 4 is 33.4 Å². The van der Waals surface area contributed by atoms with Crippen molar-refractivity contribution in [2.75, 3.05) is 6.54 Å². The zero-order valence-corrected chi connectivity index (χ0v) is 20.3. The summed E-state index contributed by atoms with van der Waals surface area (Å²) in [5.41, 5.74) is 0.132. The number of piperidine rings is 1. The molecule has 1 heterocycles. The normalized spacial score (nSPS) is 26.3. The van der Waals surface area contributed by atoms with Crippen molar-refractivity contribution < 1.29 is 26.8 Å². The number of benzene rings is 2. The highest BCUT2D eigenvalue weighted by Gasteiger charge is 2.62. The minimum absolute atomic E-state index is 0.0277. The number of carbonyl (C=O) groups excluding carboxylic acids is 2. The number of nitrogens with two attached hydrogens (primary N) is 1. The first-order valence-electron chi connectivity index (χ1n) is 11.4. The van der Waals surface area contributed by atoms with E-state index in [2.05, 4.69) is 5.32 Å². The van der Waals surface area contributed by atoms with E-state index in [4.69, 9.17) is 16.7 Å². The highest BCUT2D eigenvalue weighted by Crippen LogP contribution is 2.55. The van der Waals surface area contributed by atoms with E-state index in [1.54, 1.807) is 0 Å². The largest absolute Gasteiger partial charge is 0.347 e. The Labute approximate surface area is 206 Å². The van der Waals surface area contributed by atoms with Crippen LogP contribution in [-0.4, -0.2) is 37.7 Å². The lowest BCUT2D eigenvalue weighted by molar-refractivity contribution is -0.126. The number of rotatable bonds is 6. The Morgan fingerprint density at radius 2 is 1.89 bits per heavy atom. The average Bonchev–Trinajstić information content (AvgIpc) is 3.70. The maximum absolute atomic E-state index is 14.7. The summed E-state index contributed by atoms with van der Waals surface area (Å²) in [7, 11) is -4.01. The highest BCUT2D eigenvalue weighted by atomic mass is 35.5. The van der Waals surface area contributed by atoms with Gasteiger partial charge in [0.2, 0.25) is 15.9 Å². The Hall–Kier alpha value is -2.56. The SMILES string of the molecule is C[C@@H]1[C@@H]2CN(C(=O)c3cccc(S(N)(=O)=O)c3)[C@@H](C(=O)N[C@@H](c3cc(F)c(Cl)cc3F)C3CC3)[C@H]12. The topological polar surface area (TPSA) is 110 Å². The minimum atomic E-state index is -4.01. The number of nitrogens with one attached hydrogen (secondary N) is 1. The number of fused-ring (bicyclic) bond motifs is 1. The van der Waals surface area contributed by atoms with Crippen LogP contribution in [0.2, 0.25) is 5.02 Å². The van der Waals surface area contributed by atoms with Crippen LogP contribution >= 0.6 is 11.6 Å². The summed E-state index contributed by atoms with van der Waals surface area (Å²) in [6.07, 6.45) is 1.51. The monoisotopic (exact) mass is 523 g/mol. The van der Waals surface area contributed by atoms with E-state index >= 15 is 0 Å². The van der Waals surface area contributed by atoms with Gasteiger partial charge in [-0.2, -0.15) is 0 Å². The van der Waals surface area contributed by atoms with E-state index in [0.717, 1.165) is 25.0 Å². The average molecular weight is 524 g/mol. The fraction of sp³-hybridized carbons (Fsp3) is 0.417. The molecule has 5 rings (SSSR count). The molecule has 3 fully saturated rings. The highest BCUT2D eigenvalue weighted by molar-refractivity contribution is 7.89. The molecule has 35 heavy (non-hydrogen) atoms. The van der Waals surface area contributed by atoms with Crippen LogP contribution in [0.25, 0.3) is 0 Å². The Bertz CT molecular complexity index is 1330. The molecule has 3 aliphatic rings. The first kappa shape index (κ1) is 24.1. The van der Waals surface area contributed by atoms with E-state index in [9.17, 15) is 26.8 Å². The van der Waals surface area contributed by atoms with Crippen LogP contribution in [0.5, 0.6) is 0 Å². The molecule has 2 aromatic rings. The first-order valence-corrected chi connectivity index (χ1v) is 13.3. The van der Waals surface area contributed by atoms with Gasteiger partial charge in [0.1, 0.15) is 17.7 Å². The summed E-state index contributed by atoms with van der Waals surface area (Å²) in [6, 6.07) is 5.74. The second kappa shape index (κ2) is 8.53. The number of halogens is 3. The second-order valence-corrected chi connectivity index (χ2v) is 11.7. The van der Waals surface area contributed by atoms with Crippen LogP contribution < -0.4 is 10.5 Å². The summed E-state index contributed by atoms with van der Waals surface area (Å²) in [4.78, 5) is 28.1. The van der Waals surface area contributed by atoms with Crippen molar-refractivity contribution in [1.29, 1.82) is 0 Å². The number of primary sulfonamides is 1. The minimum Gasteiger partial charge on any atom is -0.347 e. The van der Waals surface area contributed by atoms with Gasteiger partial charge in [0, 0.05) is 17.7 Å². The Morgan fingerprint density at radius 1 is 1.17 bits per heavy atom. The zero-order valence-electron chi connectivity index (χ0n) is 18.7. The van der Waals surface area contributed by atoms with Gasteiger partial charge in [0.25, 0.3) is 5.91 Å². The van der Waals surface area contributed by atoms with Crippen molar-refractivity contribution in [3.63, 3.8) is 0 Å². The molecule has 0 radical (unpaired) electrons. The van der Waals surface area contributed by atoms with Gasteiger partial charge >= 0.3 is 0 Å². The Balaban J connectivity index is 1.42. The van der Waals surface area contributed by atoms with E-state index in [-0.39, 0.29) is 44.7 Å². The molecule has 2 saturated carbocycles. The molecule has 2 amide bonds. The third-order valence-corrected chi connectivity index (χ3v) is 8.65. The molecule has 0 spiro atoms. The summed E-state index contributed by atoms with van der Waals surface area (Å²) in [5, 5.41) is 7.74. The first-order chi connectivity index (χ1) is 16.5. The van der Waals surface area contributed by atoms with Gasteiger partial charge in [0.15, 0.2) is 0 Å². The van der Waals surface area contributed by atoms with Crippen molar-refractivity contribution in [3.8, 4) is 0 Å². The van der Waals surface area contributed by atoms with Crippen LogP contribution in [0.3, 0.4) is 0 Å². The Kier molecular flexibility index (Phi) is 5.89. The quantitative estimate of drug-likeness (QED) is 0.566. The third-order valence-electron chi connectivity index (χ3n) is 7.45. The molecule has 5 atom stereocenters. The van der Waals surface area contributed by atoms with Crippen molar-refractivity contribution in [2.24, 2.45) is 28.8 Å². The smallest absolute Gasteiger partial charge is 0.254 e. The number of hydrogen-bond acceptors (Lipinski definition) is 4. The molecule has 1 saturated heterocycles. The standard InChI is InChI=1S/C24H24ClF2N3O4S/c1-11-16-10-30(24(32)13-3-2-4-14(7-13)35(28,33)34)22(20(11)16)23(31)29-21(12-5-6-12)15-8-19(27)17(25)9-18(15)26/h2-4,7-9,11-12,16,20-22H,5-6,10H2,1H3,(H,29,31)(H2,28,33,34)/t11-,16+,20-,21-,22-/m1/s1. The maximum Gasteiger partial charge on any atom is 0.254 e. The summed E-state index contributed by atoms with van der Waals surface area (Å²) < 4.78 is 52.2. The molecule has 2 aliphatic carbocycles. The molecule has 11 heteroatoms. The predicted molar refractivity (Wildman–Crippen MR) is 124 cm³/mol. The fourth-order valence-electron chi connectivity index (χ4n) is 5.33. The van der Waals surface area contributed by atoms with Crippen molar-refractivity contribution in [2.45, 2.75) is 36.7 Å². The molecule has 186 valence electrons. The number of sulfonamides is 1. The maximum atomic E-state index is 14.7. The van der Waals surface area contributed by atoms with Crippen LogP contribution in [0.4, 0.5) is 8.78 Å². The van der Waals surface area contributed by atoms with Crippen LogP contribution in [0.15, 0.2) is 41.3 Å². The fourth-order valence-corrected chi connectivity index (χ4v) is 6.04. The number of hydrogen-bond donors (Lipinski definition) is 2.